The predicted molar refractivity (Wildman–Crippen MR) is 225 cm³/mol. The molecule has 13 nitrogen and oxygen atoms in total. The van der Waals surface area contributed by atoms with Crippen LogP contribution in [0.1, 0.15) is 68.7 Å². The molecule has 4 aromatic carbocycles. The molecule has 9 rings (SSSR count). The van der Waals surface area contributed by atoms with Crippen LogP contribution >= 0.6 is 0 Å². The van der Waals surface area contributed by atoms with Crippen LogP contribution in [-0.2, 0) is 27.3 Å². The van der Waals surface area contributed by atoms with E-state index in [1.807, 2.05) is 48.5 Å². The smallest absolute Gasteiger partial charge is 0.258 e. The minimum Gasteiger partial charge on any atom is -0.381 e. The summed E-state index contributed by atoms with van der Waals surface area (Å²) in [5.74, 6) is 4.29. The number of rotatable bonds is 9. The highest BCUT2D eigenvalue weighted by Gasteiger charge is 2.39. The van der Waals surface area contributed by atoms with Gasteiger partial charge in [-0.25, -0.2) is 8.78 Å². The minimum absolute atomic E-state index is 0.139. The molecule has 5 aromatic rings. The number of carbonyl (C=O) groups is 4. The highest BCUT2D eigenvalue weighted by molar-refractivity contribution is 6.11. The molecule has 1 aromatic heterocycles. The van der Waals surface area contributed by atoms with Gasteiger partial charge in [-0.3, -0.25) is 34.5 Å². The van der Waals surface area contributed by atoms with E-state index in [0.29, 0.717) is 72.6 Å². The maximum Gasteiger partial charge on any atom is 0.258 e. The third-order valence-electron chi connectivity index (χ3n) is 11.8. The molecule has 0 aliphatic carbocycles. The molecule has 4 N–H and O–H groups in total. The number of carbonyl (C=O) groups excluding carboxylic acids is 4. The first kappa shape index (κ1) is 39.8. The number of hydrogen-bond acceptors (Lipinski definition) is 9. The maximum absolute atomic E-state index is 14.0. The van der Waals surface area contributed by atoms with E-state index in [0.717, 1.165) is 73.2 Å². The number of aromatic nitrogens is 2. The third-order valence-corrected chi connectivity index (χ3v) is 11.8. The van der Waals surface area contributed by atoms with Crippen molar-refractivity contribution in [1.82, 2.24) is 25.3 Å². The van der Waals surface area contributed by atoms with E-state index < -0.39 is 23.6 Å². The molecule has 4 aliphatic heterocycles. The zero-order valence-corrected chi connectivity index (χ0v) is 33.4. The van der Waals surface area contributed by atoms with E-state index >= 15 is 0 Å². The number of anilines is 3. The highest BCUT2D eigenvalue weighted by Crippen LogP contribution is 2.31. The van der Waals surface area contributed by atoms with E-state index in [4.69, 9.17) is 4.74 Å². The zero-order valence-electron chi connectivity index (χ0n) is 33.4. The molecule has 61 heavy (non-hydrogen) atoms. The number of aromatic amines is 1. The number of hydrogen-bond donors (Lipinski definition) is 4. The summed E-state index contributed by atoms with van der Waals surface area (Å²) in [5, 5.41) is 17.0. The van der Waals surface area contributed by atoms with Gasteiger partial charge in [0.1, 0.15) is 17.7 Å². The van der Waals surface area contributed by atoms with E-state index in [9.17, 15) is 28.0 Å². The topological polar surface area (TPSA) is 152 Å². The number of fused-ring (bicyclic) bond motifs is 2. The molecule has 0 bridgehead atoms. The number of amides is 4. The van der Waals surface area contributed by atoms with Crippen LogP contribution in [0.3, 0.4) is 0 Å². The summed E-state index contributed by atoms with van der Waals surface area (Å²) < 4.78 is 33.3. The number of imide groups is 1. The zero-order chi connectivity index (χ0) is 42.0. The molecule has 4 amide bonds. The van der Waals surface area contributed by atoms with Crippen LogP contribution in [0.5, 0.6) is 0 Å². The first-order chi connectivity index (χ1) is 29.6. The number of H-pyrrole nitrogens is 1. The van der Waals surface area contributed by atoms with Crippen LogP contribution in [0, 0.1) is 23.5 Å². The summed E-state index contributed by atoms with van der Waals surface area (Å²) in [6, 6.07) is 19.9. The van der Waals surface area contributed by atoms with E-state index in [1.54, 1.807) is 11.0 Å². The minimum atomic E-state index is -0.654. The fourth-order valence-corrected chi connectivity index (χ4v) is 8.55. The summed E-state index contributed by atoms with van der Waals surface area (Å²) in [5.41, 5.74) is 6.33. The fourth-order valence-electron chi connectivity index (χ4n) is 8.55. The molecular weight excluding hydrogens is 783 g/mol. The van der Waals surface area contributed by atoms with Crippen molar-refractivity contribution in [2.45, 2.75) is 50.7 Å². The van der Waals surface area contributed by atoms with Gasteiger partial charge in [0.25, 0.3) is 11.8 Å². The molecule has 0 saturated carbocycles. The van der Waals surface area contributed by atoms with Gasteiger partial charge in [0.2, 0.25) is 11.8 Å². The number of nitrogens with one attached hydrogen (secondary N) is 4. The van der Waals surface area contributed by atoms with Crippen molar-refractivity contribution in [3.8, 4) is 11.8 Å². The summed E-state index contributed by atoms with van der Waals surface area (Å²) >= 11 is 0. The van der Waals surface area contributed by atoms with Gasteiger partial charge in [0.15, 0.2) is 5.82 Å². The van der Waals surface area contributed by atoms with Crippen LogP contribution in [0.2, 0.25) is 0 Å². The second kappa shape index (κ2) is 17.2. The van der Waals surface area contributed by atoms with Crippen molar-refractivity contribution in [3.63, 3.8) is 0 Å². The Kier molecular flexibility index (Phi) is 11.2. The van der Waals surface area contributed by atoms with Gasteiger partial charge in [-0.15, -0.1) is 0 Å². The molecule has 1 atom stereocenters. The van der Waals surface area contributed by atoms with Gasteiger partial charge >= 0.3 is 0 Å². The number of halogens is 2. The molecule has 4 aliphatic rings. The summed E-state index contributed by atoms with van der Waals surface area (Å²) in [6.45, 7) is 5.26. The normalized spacial score (nSPS) is 18.5. The van der Waals surface area contributed by atoms with Crippen molar-refractivity contribution in [3.05, 3.63) is 118 Å². The monoisotopic (exact) mass is 826 g/mol. The molecule has 5 heterocycles. The van der Waals surface area contributed by atoms with Gasteiger partial charge in [-0.2, -0.15) is 5.10 Å². The maximum atomic E-state index is 14.0. The Hall–Kier alpha value is -6.63. The lowest BCUT2D eigenvalue weighted by Crippen LogP contribution is -2.52. The van der Waals surface area contributed by atoms with Gasteiger partial charge in [-0.05, 0) is 97.0 Å². The van der Waals surface area contributed by atoms with Crippen molar-refractivity contribution >= 4 is 51.7 Å². The molecule has 3 saturated heterocycles. The quantitative estimate of drug-likeness (QED) is 0.116. The first-order valence-corrected chi connectivity index (χ1v) is 20.6. The lowest BCUT2D eigenvalue weighted by atomic mass is 10.0. The number of piperidine rings is 1. The molecule has 0 radical (unpaired) electrons. The van der Waals surface area contributed by atoms with E-state index in [-0.39, 0.29) is 30.2 Å². The lowest BCUT2D eigenvalue weighted by molar-refractivity contribution is -0.136. The summed E-state index contributed by atoms with van der Waals surface area (Å²) in [7, 11) is 0. The average Bonchev–Trinajstić information content (AvgIpc) is 3.80. The standard InChI is InChI=1S/C46H44F2N8O5/c47-32-21-30(22-33(48)25-32)20-29-4-8-39-38(24-29)43(53-52-39)51-44(58)36-7-6-35(26-40(36)49-34-11-18-61-19-12-34)55-16-14-54(15-17-55)13-1-2-28-3-5-31-27-56(46(60)37(31)23-28)41-9-10-42(57)50-45(41)59/h3-8,21-26,34,41,49H,9-20,27H2,(H,50,57,59)(H2,51,52,53,58). The summed E-state index contributed by atoms with van der Waals surface area (Å²) in [4.78, 5) is 57.4. The van der Waals surface area contributed by atoms with Crippen LogP contribution < -0.4 is 20.9 Å². The molecule has 1 unspecified atom stereocenters. The van der Waals surface area contributed by atoms with Gasteiger partial charge in [0.05, 0.1) is 17.6 Å². The summed E-state index contributed by atoms with van der Waals surface area (Å²) in [6.07, 6.45) is 2.47. The highest BCUT2D eigenvalue weighted by atomic mass is 19.1. The second-order valence-electron chi connectivity index (χ2n) is 16.0. The van der Waals surface area contributed by atoms with Crippen molar-refractivity contribution in [1.29, 1.82) is 0 Å². The Morgan fingerprint density at radius 1 is 0.885 bits per heavy atom. The Morgan fingerprint density at radius 3 is 2.48 bits per heavy atom. The van der Waals surface area contributed by atoms with Crippen molar-refractivity contribution in [2.75, 3.05) is 61.5 Å². The number of ether oxygens (including phenoxy) is 1. The first-order valence-electron chi connectivity index (χ1n) is 20.6. The molecule has 3 fully saturated rings. The molecular formula is C46H44F2N8O5. The second-order valence-corrected chi connectivity index (χ2v) is 16.0. The van der Waals surface area contributed by atoms with E-state index in [2.05, 4.69) is 47.8 Å². The van der Waals surface area contributed by atoms with Crippen molar-refractivity contribution < 1.29 is 32.7 Å². The number of piperazine rings is 1. The van der Waals surface area contributed by atoms with Gasteiger partial charge in [-0.1, -0.05) is 24.0 Å². The average molecular weight is 827 g/mol. The van der Waals surface area contributed by atoms with E-state index in [1.165, 1.54) is 12.1 Å². The Morgan fingerprint density at radius 2 is 1.69 bits per heavy atom. The molecule has 312 valence electrons. The predicted octanol–water partition coefficient (Wildman–Crippen LogP) is 5.21. The Labute approximate surface area is 350 Å². The lowest BCUT2D eigenvalue weighted by Gasteiger charge is -2.35. The largest absolute Gasteiger partial charge is 0.381 e. The fraction of sp³-hybridized carbons (Fsp3) is 0.326. The number of benzene rings is 4. The Balaban J connectivity index is 0.846. The van der Waals surface area contributed by atoms with Gasteiger partial charge < -0.3 is 25.2 Å². The third kappa shape index (κ3) is 8.82. The molecule has 0 spiro atoms. The Bertz CT molecular complexity index is 2590. The SMILES string of the molecule is O=C1CCC(N2Cc3ccc(C#CCN4CCN(c5ccc(C(=O)Nc6n[nH]c7ccc(Cc8cc(F)cc(F)c8)cc67)c(NC6CCOCC6)c5)CC4)cc3C2=O)C(=O)N1. The van der Waals surface area contributed by atoms with Crippen LogP contribution in [0.4, 0.5) is 26.0 Å². The van der Waals surface area contributed by atoms with Gasteiger partial charge in [0, 0.05) is 92.4 Å². The van der Waals surface area contributed by atoms with Crippen molar-refractivity contribution in [2.24, 2.45) is 0 Å². The van der Waals surface area contributed by atoms with Crippen LogP contribution in [0.15, 0.2) is 72.8 Å². The molecule has 15 heteroatoms. The number of nitrogens with zero attached hydrogens (tertiary/aromatic N) is 4. The van der Waals surface area contributed by atoms with Crippen LogP contribution in [-0.4, -0.2) is 102 Å². The van der Waals surface area contributed by atoms with Crippen LogP contribution in [0.25, 0.3) is 10.9 Å².